The minimum absolute atomic E-state index is 0.128. The van der Waals surface area contributed by atoms with Gasteiger partial charge in [0, 0.05) is 10.4 Å². The number of carbonyl (C=O) groups excluding carboxylic acids is 1. The number of nitrogens with zero attached hydrogens (tertiary/aromatic N) is 4. The summed E-state index contributed by atoms with van der Waals surface area (Å²) >= 11 is 2.97. The van der Waals surface area contributed by atoms with Gasteiger partial charge in [0.1, 0.15) is 22.2 Å². The summed E-state index contributed by atoms with van der Waals surface area (Å²) < 4.78 is 1.51. The van der Waals surface area contributed by atoms with Crippen LogP contribution in [0.5, 0.6) is 0 Å². The fraction of sp³-hybridized carbons (Fsp3) is 0.348. The Labute approximate surface area is 193 Å². The molecule has 0 bridgehead atoms. The quantitative estimate of drug-likeness (QED) is 0.473. The number of thiophene rings is 1. The number of fused-ring (bicyclic) bond motifs is 3. The van der Waals surface area contributed by atoms with Gasteiger partial charge in [-0.05, 0) is 50.7 Å². The highest BCUT2D eigenvalue weighted by molar-refractivity contribution is 7.18. The number of anilines is 1. The van der Waals surface area contributed by atoms with Gasteiger partial charge < -0.3 is 0 Å². The maximum absolute atomic E-state index is 13.7. The molecule has 1 aliphatic carbocycles. The number of aromatic nitrogens is 4. The van der Waals surface area contributed by atoms with Gasteiger partial charge in [0.15, 0.2) is 0 Å². The Kier molecular flexibility index (Phi) is 5.60. The molecular weight excluding hydrogens is 442 g/mol. The van der Waals surface area contributed by atoms with E-state index in [2.05, 4.69) is 15.5 Å². The highest BCUT2D eigenvalue weighted by Gasteiger charge is 2.23. The van der Waals surface area contributed by atoms with Crippen molar-refractivity contribution in [3.8, 4) is 11.4 Å². The molecule has 0 atom stereocenters. The largest absolute Gasteiger partial charge is 0.299 e. The number of aryl methyl sites for hydroxylation is 4. The molecule has 164 valence electrons. The molecule has 1 aromatic carbocycles. The van der Waals surface area contributed by atoms with E-state index in [9.17, 15) is 9.59 Å². The lowest BCUT2D eigenvalue weighted by Crippen LogP contribution is -2.30. The van der Waals surface area contributed by atoms with Crippen molar-refractivity contribution in [2.75, 3.05) is 5.32 Å². The molecule has 3 heterocycles. The lowest BCUT2D eigenvalue weighted by Gasteiger charge is -2.14. The van der Waals surface area contributed by atoms with Gasteiger partial charge in [-0.15, -0.1) is 21.5 Å². The van der Waals surface area contributed by atoms with Crippen molar-refractivity contribution in [3.63, 3.8) is 0 Å². The first-order valence-corrected chi connectivity index (χ1v) is 12.4. The van der Waals surface area contributed by atoms with Crippen molar-refractivity contribution in [2.45, 2.75) is 52.5 Å². The molecule has 4 aromatic rings. The molecule has 0 aliphatic heterocycles. The molecule has 0 unspecified atom stereocenters. The van der Waals surface area contributed by atoms with E-state index >= 15 is 0 Å². The van der Waals surface area contributed by atoms with Gasteiger partial charge in [-0.1, -0.05) is 42.0 Å². The van der Waals surface area contributed by atoms with Crippen LogP contribution in [0.15, 0.2) is 29.1 Å². The molecule has 5 rings (SSSR count). The highest BCUT2D eigenvalue weighted by atomic mass is 32.1. The van der Waals surface area contributed by atoms with Gasteiger partial charge in [-0.25, -0.2) is 4.98 Å². The second-order valence-corrected chi connectivity index (χ2v) is 10.1. The zero-order chi connectivity index (χ0) is 22.2. The number of amides is 1. The van der Waals surface area contributed by atoms with Crippen LogP contribution in [0.2, 0.25) is 0 Å². The summed E-state index contributed by atoms with van der Waals surface area (Å²) in [5.41, 5.74) is 2.87. The summed E-state index contributed by atoms with van der Waals surface area (Å²) in [4.78, 5) is 33.5. The number of hydrogen-bond donors (Lipinski definition) is 1. The van der Waals surface area contributed by atoms with E-state index in [1.54, 1.807) is 11.3 Å². The Morgan fingerprint density at radius 3 is 2.81 bits per heavy atom. The van der Waals surface area contributed by atoms with Crippen molar-refractivity contribution < 1.29 is 4.79 Å². The Hall–Kier alpha value is -2.91. The molecular formula is C23H23N5O2S2. The predicted octanol–water partition coefficient (Wildman–Crippen LogP) is 4.36. The third-order valence-electron chi connectivity index (χ3n) is 5.67. The molecule has 9 heteroatoms. The average molecular weight is 466 g/mol. The number of rotatable bonds is 5. The second kappa shape index (κ2) is 8.55. The number of carbonyl (C=O) groups is 1. The Bertz CT molecular complexity index is 1390. The molecule has 0 spiro atoms. The predicted molar refractivity (Wildman–Crippen MR) is 129 cm³/mol. The smallest absolute Gasteiger partial charge is 0.263 e. The third kappa shape index (κ3) is 3.86. The first-order chi connectivity index (χ1) is 15.5. The summed E-state index contributed by atoms with van der Waals surface area (Å²) in [6, 6.07) is 7.87. The molecule has 7 nitrogen and oxygen atoms in total. The van der Waals surface area contributed by atoms with Crippen LogP contribution in [0.1, 0.15) is 40.8 Å². The molecule has 1 aliphatic rings. The summed E-state index contributed by atoms with van der Waals surface area (Å²) in [7, 11) is 0. The lowest BCUT2D eigenvalue weighted by atomic mass is 9.97. The van der Waals surface area contributed by atoms with Gasteiger partial charge in [-0.2, -0.15) is 0 Å². The number of hydrogen-bond acceptors (Lipinski definition) is 7. The Balaban J connectivity index is 1.61. The van der Waals surface area contributed by atoms with Crippen molar-refractivity contribution >= 4 is 43.9 Å². The Morgan fingerprint density at radius 2 is 2.03 bits per heavy atom. The summed E-state index contributed by atoms with van der Waals surface area (Å²) in [5.74, 6) is 0.205. The average Bonchev–Trinajstić information content (AvgIpc) is 3.39. The molecule has 32 heavy (non-hydrogen) atoms. The van der Waals surface area contributed by atoms with Crippen molar-refractivity contribution in [3.05, 3.63) is 55.6 Å². The number of nitrogens with one attached hydrogen (secondary N) is 1. The minimum Gasteiger partial charge on any atom is -0.299 e. The second-order valence-electron chi connectivity index (χ2n) is 7.99. The van der Waals surface area contributed by atoms with E-state index in [4.69, 9.17) is 4.98 Å². The zero-order valence-electron chi connectivity index (χ0n) is 18.0. The van der Waals surface area contributed by atoms with E-state index in [1.807, 2.05) is 38.1 Å². The van der Waals surface area contributed by atoms with E-state index in [1.165, 1.54) is 20.8 Å². The van der Waals surface area contributed by atoms with Gasteiger partial charge in [0.2, 0.25) is 11.0 Å². The molecule has 0 radical (unpaired) electrons. The fourth-order valence-electron chi connectivity index (χ4n) is 4.14. The molecule has 3 aromatic heterocycles. The topological polar surface area (TPSA) is 89.8 Å². The Morgan fingerprint density at radius 1 is 1.19 bits per heavy atom. The van der Waals surface area contributed by atoms with Crippen LogP contribution in [0.3, 0.4) is 0 Å². The maximum Gasteiger partial charge on any atom is 0.263 e. The van der Waals surface area contributed by atoms with Crippen LogP contribution in [0.25, 0.3) is 21.6 Å². The molecule has 0 saturated heterocycles. The van der Waals surface area contributed by atoms with Gasteiger partial charge >= 0.3 is 0 Å². The van der Waals surface area contributed by atoms with Gasteiger partial charge in [-0.3, -0.25) is 19.5 Å². The minimum atomic E-state index is -0.315. The molecule has 0 fully saturated rings. The van der Waals surface area contributed by atoms with E-state index in [0.717, 1.165) is 58.6 Å². The third-order valence-corrected chi connectivity index (χ3v) is 7.84. The van der Waals surface area contributed by atoms with Crippen molar-refractivity contribution in [1.82, 2.24) is 19.7 Å². The van der Waals surface area contributed by atoms with Crippen LogP contribution in [0, 0.1) is 6.92 Å². The zero-order valence-corrected chi connectivity index (χ0v) is 19.6. The normalized spacial score (nSPS) is 13.3. The first-order valence-electron chi connectivity index (χ1n) is 10.8. The monoisotopic (exact) mass is 465 g/mol. The maximum atomic E-state index is 13.7. The van der Waals surface area contributed by atoms with E-state index in [0.29, 0.717) is 16.3 Å². The summed E-state index contributed by atoms with van der Waals surface area (Å²) in [6.07, 6.45) is 4.87. The van der Waals surface area contributed by atoms with Crippen LogP contribution in [0.4, 0.5) is 5.13 Å². The molecule has 1 amide bonds. The lowest BCUT2D eigenvalue weighted by molar-refractivity contribution is -0.116. The first kappa shape index (κ1) is 21.0. The number of benzene rings is 1. The van der Waals surface area contributed by atoms with Crippen molar-refractivity contribution in [1.29, 1.82) is 0 Å². The van der Waals surface area contributed by atoms with Crippen molar-refractivity contribution in [2.24, 2.45) is 0 Å². The van der Waals surface area contributed by atoms with Gasteiger partial charge in [0.05, 0.1) is 5.39 Å². The van der Waals surface area contributed by atoms with Crippen LogP contribution >= 0.6 is 22.7 Å². The molecule has 0 saturated carbocycles. The van der Waals surface area contributed by atoms with E-state index in [-0.39, 0.29) is 18.0 Å². The SMILES string of the molecule is CCc1nnc(NC(=O)Cn2c(-c3cccc(C)c3)nc3sc4c(c3c2=O)CCCC4)s1. The van der Waals surface area contributed by atoms with Crippen LogP contribution in [-0.2, 0) is 30.6 Å². The molecule has 1 N–H and O–H groups in total. The fourth-order valence-corrected chi connectivity index (χ4v) is 6.09. The summed E-state index contributed by atoms with van der Waals surface area (Å²) in [5, 5.41) is 12.8. The van der Waals surface area contributed by atoms with E-state index < -0.39 is 0 Å². The van der Waals surface area contributed by atoms with Gasteiger partial charge in [0.25, 0.3) is 5.56 Å². The van der Waals surface area contributed by atoms with Crippen LogP contribution < -0.4 is 10.9 Å². The standard InChI is InChI=1S/C23H23N5O2S2/c1-3-18-26-27-23(32-18)24-17(29)12-28-20(14-8-6-7-13(2)11-14)25-21-19(22(28)30)15-9-4-5-10-16(15)31-21/h6-8,11H,3-5,9-10,12H2,1-2H3,(H,24,27,29). The summed E-state index contributed by atoms with van der Waals surface area (Å²) in [6.45, 7) is 3.86. The highest BCUT2D eigenvalue weighted by Crippen LogP contribution is 2.35. The van der Waals surface area contributed by atoms with Crippen LogP contribution in [-0.4, -0.2) is 25.7 Å².